The molecule has 0 aliphatic carbocycles. The average molecular weight is 366 g/mol. The molecule has 10 nitrogen and oxygen atoms in total. The standard InChI is InChI=1S/C16H26N6O4/c1-9-5-20(6-10(2)25-9)15-13(22(23)24)14(17)18-16(19-15)21-7-11(3)26-12(4)8-21/h9-12H,5-8H2,1-4H3,(H2,17,18,19)/t9-,10-,11+,12+/m1/s1. The number of nitrogens with two attached hydrogens (primary N) is 1. The minimum Gasteiger partial charge on any atom is -0.378 e. The Balaban J connectivity index is 2.01. The summed E-state index contributed by atoms with van der Waals surface area (Å²) < 4.78 is 11.5. The zero-order valence-corrected chi connectivity index (χ0v) is 15.6. The molecule has 3 rings (SSSR count). The van der Waals surface area contributed by atoms with Gasteiger partial charge < -0.3 is 25.0 Å². The summed E-state index contributed by atoms with van der Waals surface area (Å²) >= 11 is 0. The molecule has 26 heavy (non-hydrogen) atoms. The van der Waals surface area contributed by atoms with Crippen molar-refractivity contribution in [3.63, 3.8) is 0 Å². The van der Waals surface area contributed by atoms with Crippen molar-refractivity contribution in [3.05, 3.63) is 10.1 Å². The molecular weight excluding hydrogens is 340 g/mol. The van der Waals surface area contributed by atoms with Crippen molar-refractivity contribution in [1.82, 2.24) is 9.97 Å². The number of nitro groups is 1. The van der Waals surface area contributed by atoms with E-state index >= 15 is 0 Å². The van der Waals surface area contributed by atoms with Gasteiger partial charge in [0.25, 0.3) is 0 Å². The highest BCUT2D eigenvalue weighted by atomic mass is 16.6. The summed E-state index contributed by atoms with van der Waals surface area (Å²) in [7, 11) is 0. The molecule has 0 unspecified atom stereocenters. The summed E-state index contributed by atoms with van der Waals surface area (Å²) in [4.78, 5) is 23.7. The molecule has 1 aromatic heterocycles. The molecule has 2 fully saturated rings. The maximum absolute atomic E-state index is 11.6. The van der Waals surface area contributed by atoms with E-state index in [1.165, 1.54) is 0 Å². The molecule has 4 atom stereocenters. The highest BCUT2D eigenvalue weighted by Crippen LogP contribution is 2.34. The van der Waals surface area contributed by atoms with Crippen LogP contribution >= 0.6 is 0 Å². The smallest absolute Gasteiger partial charge is 0.353 e. The molecule has 2 aliphatic rings. The van der Waals surface area contributed by atoms with Crippen molar-refractivity contribution < 1.29 is 14.4 Å². The highest BCUT2D eigenvalue weighted by Gasteiger charge is 2.34. The van der Waals surface area contributed by atoms with E-state index in [0.29, 0.717) is 32.1 Å². The third-order valence-electron chi connectivity index (χ3n) is 4.48. The lowest BCUT2D eigenvalue weighted by molar-refractivity contribution is -0.383. The summed E-state index contributed by atoms with van der Waals surface area (Å²) in [6, 6.07) is 0. The molecule has 0 amide bonds. The van der Waals surface area contributed by atoms with Crippen LogP contribution in [0.2, 0.25) is 0 Å². The van der Waals surface area contributed by atoms with Crippen molar-refractivity contribution in [2.45, 2.75) is 52.1 Å². The molecule has 3 heterocycles. The number of aromatic nitrogens is 2. The molecular formula is C16H26N6O4. The van der Waals surface area contributed by atoms with Crippen LogP contribution < -0.4 is 15.5 Å². The monoisotopic (exact) mass is 366 g/mol. The van der Waals surface area contributed by atoms with Crippen LogP contribution in [0.5, 0.6) is 0 Å². The van der Waals surface area contributed by atoms with Crippen molar-refractivity contribution in [2.24, 2.45) is 0 Å². The van der Waals surface area contributed by atoms with Crippen LogP contribution in [-0.2, 0) is 9.47 Å². The van der Waals surface area contributed by atoms with Crippen LogP contribution in [0.1, 0.15) is 27.7 Å². The first-order valence-electron chi connectivity index (χ1n) is 8.87. The van der Waals surface area contributed by atoms with E-state index < -0.39 is 4.92 Å². The Morgan fingerprint density at radius 3 is 1.88 bits per heavy atom. The van der Waals surface area contributed by atoms with Gasteiger partial charge >= 0.3 is 5.69 Å². The number of hydrogen-bond acceptors (Lipinski definition) is 9. The maximum atomic E-state index is 11.6. The van der Waals surface area contributed by atoms with Gasteiger partial charge in [0.1, 0.15) is 0 Å². The molecule has 1 aromatic rings. The largest absolute Gasteiger partial charge is 0.378 e. The van der Waals surface area contributed by atoms with E-state index in [-0.39, 0.29) is 41.7 Å². The molecule has 144 valence electrons. The van der Waals surface area contributed by atoms with Crippen LogP contribution in [-0.4, -0.2) is 65.5 Å². The third kappa shape index (κ3) is 3.80. The maximum Gasteiger partial charge on any atom is 0.353 e. The van der Waals surface area contributed by atoms with E-state index in [4.69, 9.17) is 15.2 Å². The van der Waals surface area contributed by atoms with Gasteiger partial charge in [0.05, 0.1) is 29.3 Å². The molecule has 0 saturated carbocycles. The second-order valence-electron chi connectivity index (χ2n) is 7.16. The fraction of sp³-hybridized carbons (Fsp3) is 0.750. The minimum atomic E-state index is -0.510. The van der Waals surface area contributed by atoms with Gasteiger partial charge in [0.2, 0.25) is 17.6 Å². The lowest BCUT2D eigenvalue weighted by Crippen LogP contribution is -2.47. The van der Waals surface area contributed by atoms with Gasteiger partial charge in [-0.2, -0.15) is 9.97 Å². The number of nitrogens with zero attached hydrogens (tertiary/aromatic N) is 5. The normalized spacial score (nSPS) is 29.7. The van der Waals surface area contributed by atoms with Gasteiger partial charge in [0, 0.05) is 26.2 Å². The Bertz CT molecular complexity index is 667. The molecule has 10 heteroatoms. The second-order valence-corrected chi connectivity index (χ2v) is 7.16. The zero-order valence-electron chi connectivity index (χ0n) is 15.6. The van der Waals surface area contributed by atoms with Gasteiger partial charge in [-0.1, -0.05) is 0 Å². The summed E-state index contributed by atoms with van der Waals surface area (Å²) in [5.74, 6) is 0.539. The molecule has 0 spiro atoms. The van der Waals surface area contributed by atoms with E-state index in [1.807, 2.05) is 37.5 Å². The summed E-state index contributed by atoms with van der Waals surface area (Å²) in [6.07, 6.45) is -0.0702. The molecule has 2 aliphatic heterocycles. The van der Waals surface area contributed by atoms with E-state index in [0.717, 1.165) is 0 Å². The third-order valence-corrected chi connectivity index (χ3v) is 4.48. The Labute approximate surface area is 152 Å². The fourth-order valence-electron chi connectivity index (χ4n) is 3.68. The van der Waals surface area contributed by atoms with Gasteiger partial charge in [-0.25, -0.2) is 0 Å². The molecule has 0 bridgehead atoms. The van der Waals surface area contributed by atoms with E-state index in [2.05, 4.69) is 9.97 Å². The number of anilines is 3. The van der Waals surface area contributed by atoms with Crippen LogP contribution in [0.3, 0.4) is 0 Å². The topological polar surface area (TPSA) is 120 Å². The molecule has 2 saturated heterocycles. The van der Waals surface area contributed by atoms with Crippen LogP contribution in [0.4, 0.5) is 23.3 Å². The zero-order chi connectivity index (χ0) is 19.0. The predicted molar refractivity (Wildman–Crippen MR) is 97.5 cm³/mol. The lowest BCUT2D eigenvalue weighted by atomic mass is 10.2. The summed E-state index contributed by atoms with van der Waals surface area (Å²) in [5, 5.41) is 11.6. The Kier molecular flexibility index (Phi) is 5.15. The number of rotatable bonds is 3. The Morgan fingerprint density at radius 1 is 0.962 bits per heavy atom. The Morgan fingerprint density at radius 2 is 1.42 bits per heavy atom. The van der Waals surface area contributed by atoms with Crippen LogP contribution in [0, 0.1) is 10.1 Å². The second kappa shape index (κ2) is 7.20. The summed E-state index contributed by atoms with van der Waals surface area (Å²) in [5.41, 5.74) is 5.72. The number of morpholine rings is 2. The SMILES string of the molecule is C[C@@H]1CN(c2nc(N3C[C@H](C)O[C@@H](C)C3)nc(N)c2[N+](=O)[O-])C[C@@H](C)O1. The van der Waals surface area contributed by atoms with Crippen molar-refractivity contribution >= 4 is 23.3 Å². The van der Waals surface area contributed by atoms with Crippen molar-refractivity contribution in [2.75, 3.05) is 41.7 Å². The average Bonchev–Trinajstić information content (AvgIpc) is 2.51. The number of nitrogen functional groups attached to an aromatic ring is 1. The van der Waals surface area contributed by atoms with Crippen LogP contribution in [0.15, 0.2) is 0 Å². The summed E-state index contributed by atoms with van der Waals surface area (Å²) in [6.45, 7) is 10.1. The first kappa shape index (κ1) is 18.6. The van der Waals surface area contributed by atoms with Crippen molar-refractivity contribution in [1.29, 1.82) is 0 Å². The number of hydrogen-bond donors (Lipinski definition) is 1. The van der Waals surface area contributed by atoms with E-state index in [1.54, 1.807) is 0 Å². The predicted octanol–water partition coefficient (Wildman–Crippen LogP) is 1.19. The Hall–Kier alpha value is -2.20. The van der Waals surface area contributed by atoms with Crippen molar-refractivity contribution in [3.8, 4) is 0 Å². The fourth-order valence-corrected chi connectivity index (χ4v) is 3.68. The number of ether oxygens (including phenoxy) is 2. The first-order chi connectivity index (χ1) is 12.2. The van der Waals surface area contributed by atoms with Gasteiger partial charge in [-0.3, -0.25) is 10.1 Å². The molecule has 0 radical (unpaired) electrons. The quantitative estimate of drug-likeness (QED) is 0.621. The molecule has 2 N–H and O–H groups in total. The lowest BCUT2D eigenvalue weighted by Gasteiger charge is -2.37. The van der Waals surface area contributed by atoms with Gasteiger partial charge in [-0.05, 0) is 27.7 Å². The van der Waals surface area contributed by atoms with E-state index in [9.17, 15) is 10.1 Å². The van der Waals surface area contributed by atoms with Crippen LogP contribution in [0.25, 0.3) is 0 Å². The minimum absolute atomic E-state index is 0.0191. The van der Waals surface area contributed by atoms with Gasteiger partial charge in [0.15, 0.2) is 0 Å². The first-order valence-corrected chi connectivity index (χ1v) is 8.87. The highest BCUT2D eigenvalue weighted by molar-refractivity contribution is 5.71. The molecule has 0 aromatic carbocycles. The van der Waals surface area contributed by atoms with Gasteiger partial charge in [-0.15, -0.1) is 0 Å².